The van der Waals surface area contributed by atoms with Gasteiger partial charge in [0.2, 0.25) is 0 Å². The molecule has 0 aliphatic rings. The van der Waals surface area contributed by atoms with E-state index in [0.717, 1.165) is 0 Å². The van der Waals surface area contributed by atoms with Gasteiger partial charge in [0, 0.05) is 31.2 Å². The summed E-state index contributed by atoms with van der Waals surface area (Å²) in [4.78, 5) is 29.6. The zero-order valence-corrected chi connectivity index (χ0v) is 11.6. The molecule has 3 N–H and O–H groups in total. The largest absolute Gasteiger partial charge is 0.388 e. The predicted octanol–water partition coefficient (Wildman–Crippen LogP) is 1.85. The number of H-pyrrole nitrogens is 1. The van der Waals surface area contributed by atoms with E-state index in [2.05, 4.69) is 20.6 Å². The highest BCUT2D eigenvalue weighted by Crippen LogP contribution is 2.23. The maximum atomic E-state index is 12.3. The molecule has 2 aromatic rings. The van der Waals surface area contributed by atoms with Gasteiger partial charge in [0.1, 0.15) is 11.4 Å². The fourth-order valence-electron chi connectivity index (χ4n) is 1.89. The lowest BCUT2D eigenvalue weighted by molar-refractivity contribution is -0.385. The number of imidazole rings is 1. The van der Waals surface area contributed by atoms with E-state index < -0.39 is 10.8 Å². The van der Waals surface area contributed by atoms with Crippen LogP contribution in [0, 0.1) is 10.1 Å². The Morgan fingerprint density at radius 2 is 2.24 bits per heavy atom. The molecule has 21 heavy (non-hydrogen) atoms. The summed E-state index contributed by atoms with van der Waals surface area (Å²) in [6, 6.07) is 3.91. The van der Waals surface area contributed by atoms with Crippen molar-refractivity contribution in [1.82, 2.24) is 15.3 Å². The molecule has 1 amide bonds. The van der Waals surface area contributed by atoms with Crippen LogP contribution in [0.4, 0.5) is 11.4 Å². The SMILES string of the molecule is CNc1ccc([N+](=O)[O-])c(C(=O)NC(C)c2ncc[nH]2)c1. The van der Waals surface area contributed by atoms with Gasteiger partial charge in [-0.05, 0) is 19.1 Å². The molecule has 1 aromatic carbocycles. The van der Waals surface area contributed by atoms with Gasteiger partial charge in [-0.3, -0.25) is 14.9 Å². The molecule has 8 nitrogen and oxygen atoms in total. The average molecular weight is 289 g/mol. The Kier molecular flexibility index (Phi) is 4.17. The van der Waals surface area contributed by atoms with E-state index in [1.807, 2.05) is 0 Å². The van der Waals surface area contributed by atoms with E-state index in [0.29, 0.717) is 11.5 Å². The van der Waals surface area contributed by atoms with Crippen LogP contribution in [-0.2, 0) is 0 Å². The first-order valence-corrected chi connectivity index (χ1v) is 6.29. The molecule has 0 radical (unpaired) electrons. The molecule has 0 saturated carbocycles. The number of carbonyl (C=O) groups excluding carboxylic acids is 1. The second kappa shape index (κ2) is 6.04. The van der Waals surface area contributed by atoms with E-state index >= 15 is 0 Å². The zero-order chi connectivity index (χ0) is 15.4. The number of aromatic nitrogens is 2. The van der Waals surface area contributed by atoms with Gasteiger partial charge in [-0.2, -0.15) is 0 Å². The van der Waals surface area contributed by atoms with Gasteiger partial charge in [-0.1, -0.05) is 0 Å². The van der Waals surface area contributed by atoms with Crippen LogP contribution in [0.25, 0.3) is 0 Å². The number of anilines is 1. The van der Waals surface area contributed by atoms with Gasteiger partial charge in [0.05, 0.1) is 11.0 Å². The van der Waals surface area contributed by atoms with Crippen LogP contribution in [-0.4, -0.2) is 27.8 Å². The van der Waals surface area contributed by atoms with Crippen molar-refractivity contribution in [3.05, 3.63) is 52.1 Å². The third-order valence-corrected chi connectivity index (χ3v) is 3.00. The van der Waals surface area contributed by atoms with E-state index in [9.17, 15) is 14.9 Å². The number of benzene rings is 1. The maximum absolute atomic E-state index is 12.3. The summed E-state index contributed by atoms with van der Waals surface area (Å²) >= 11 is 0. The normalized spacial score (nSPS) is 11.7. The first kappa shape index (κ1) is 14.5. The molecule has 0 aliphatic heterocycles. The standard InChI is InChI=1S/C13H15N5O3/c1-8(12-15-5-6-16-12)17-13(19)10-7-9(14-2)3-4-11(10)18(20)21/h3-8,14H,1-2H3,(H,15,16)(H,17,19). The average Bonchev–Trinajstić information content (AvgIpc) is 3.00. The Balaban J connectivity index is 2.27. The summed E-state index contributed by atoms with van der Waals surface area (Å²) in [6.07, 6.45) is 3.21. The number of hydrogen-bond acceptors (Lipinski definition) is 5. The van der Waals surface area contributed by atoms with Crippen LogP contribution < -0.4 is 10.6 Å². The molecule has 2 rings (SSSR count). The highest BCUT2D eigenvalue weighted by Gasteiger charge is 2.22. The Morgan fingerprint density at radius 1 is 1.48 bits per heavy atom. The minimum Gasteiger partial charge on any atom is -0.388 e. The molecular weight excluding hydrogens is 274 g/mol. The smallest absolute Gasteiger partial charge is 0.282 e. The lowest BCUT2D eigenvalue weighted by Crippen LogP contribution is -2.28. The number of nitrogens with one attached hydrogen (secondary N) is 3. The second-order valence-electron chi connectivity index (χ2n) is 4.41. The van der Waals surface area contributed by atoms with Gasteiger partial charge in [-0.15, -0.1) is 0 Å². The molecule has 1 atom stereocenters. The molecule has 0 aliphatic carbocycles. The summed E-state index contributed by atoms with van der Waals surface area (Å²) in [6.45, 7) is 1.74. The Bertz CT molecular complexity index is 654. The van der Waals surface area contributed by atoms with Gasteiger partial charge < -0.3 is 15.6 Å². The quantitative estimate of drug-likeness (QED) is 0.574. The third kappa shape index (κ3) is 3.16. The minimum atomic E-state index is -0.577. The first-order chi connectivity index (χ1) is 10.0. The molecule has 0 saturated heterocycles. The summed E-state index contributed by atoms with van der Waals surface area (Å²) in [5.41, 5.74) is 0.389. The number of amides is 1. The summed E-state index contributed by atoms with van der Waals surface area (Å²) in [5, 5.41) is 16.6. The summed E-state index contributed by atoms with van der Waals surface area (Å²) < 4.78 is 0. The lowest BCUT2D eigenvalue weighted by atomic mass is 10.1. The molecule has 0 bridgehead atoms. The first-order valence-electron chi connectivity index (χ1n) is 6.29. The Hall–Kier alpha value is -2.90. The van der Waals surface area contributed by atoms with Crippen molar-refractivity contribution in [3.8, 4) is 0 Å². The molecule has 0 spiro atoms. The van der Waals surface area contributed by atoms with Crippen molar-refractivity contribution >= 4 is 17.3 Å². The maximum Gasteiger partial charge on any atom is 0.282 e. The summed E-state index contributed by atoms with van der Waals surface area (Å²) in [7, 11) is 1.67. The molecular formula is C13H15N5O3. The van der Waals surface area contributed by atoms with Crippen molar-refractivity contribution in [2.24, 2.45) is 0 Å². The van der Waals surface area contributed by atoms with Crippen LogP contribution in [0.3, 0.4) is 0 Å². The van der Waals surface area contributed by atoms with Gasteiger partial charge in [0.25, 0.3) is 11.6 Å². The monoisotopic (exact) mass is 289 g/mol. The highest BCUT2D eigenvalue weighted by molar-refractivity contribution is 5.99. The summed E-state index contributed by atoms with van der Waals surface area (Å²) in [5.74, 6) is 0.0541. The van der Waals surface area contributed by atoms with Crippen molar-refractivity contribution in [2.75, 3.05) is 12.4 Å². The van der Waals surface area contributed by atoms with Crippen LogP contribution in [0.2, 0.25) is 0 Å². The van der Waals surface area contributed by atoms with Crippen LogP contribution in [0.15, 0.2) is 30.6 Å². The number of hydrogen-bond donors (Lipinski definition) is 3. The van der Waals surface area contributed by atoms with Crippen LogP contribution >= 0.6 is 0 Å². The van der Waals surface area contributed by atoms with Gasteiger partial charge in [0.15, 0.2) is 0 Å². The van der Waals surface area contributed by atoms with Crippen LogP contribution in [0.5, 0.6) is 0 Å². The Morgan fingerprint density at radius 3 is 2.81 bits per heavy atom. The zero-order valence-electron chi connectivity index (χ0n) is 11.6. The molecule has 1 aromatic heterocycles. The fraction of sp³-hybridized carbons (Fsp3) is 0.231. The number of aromatic amines is 1. The van der Waals surface area contributed by atoms with Crippen molar-refractivity contribution in [3.63, 3.8) is 0 Å². The fourth-order valence-corrected chi connectivity index (χ4v) is 1.89. The number of rotatable bonds is 5. The predicted molar refractivity (Wildman–Crippen MR) is 77.1 cm³/mol. The molecule has 0 fully saturated rings. The molecule has 1 unspecified atom stereocenters. The van der Waals surface area contributed by atoms with E-state index in [4.69, 9.17) is 0 Å². The van der Waals surface area contributed by atoms with E-state index in [1.54, 1.807) is 32.4 Å². The minimum absolute atomic E-state index is 0.00487. The van der Waals surface area contributed by atoms with Gasteiger partial charge in [-0.25, -0.2) is 4.98 Å². The van der Waals surface area contributed by atoms with E-state index in [1.165, 1.54) is 12.1 Å². The number of nitro benzene ring substituents is 1. The van der Waals surface area contributed by atoms with Crippen LogP contribution in [0.1, 0.15) is 29.1 Å². The van der Waals surface area contributed by atoms with Crippen molar-refractivity contribution in [2.45, 2.75) is 13.0 Å². The molecule has 8 heteroatoms. The third-order valence-electron chi connectivity index (χ3n) is 3.00. The van der Waals surface area contributed by atoms with E-state index in [-0.39, 0.29) is 17.3 Å². The molecule has 1 heterocycles. The highest BCUT2D eigenvalue weighted by atomic mass is 16.6. The van der Waals surface area contributed by atoms with Crippen molar-refractivity contribution in [1.29, 1.82) is 0 Å². The van der Waals surface area contributed by atoms with Crippen molar-refractivity contribution < 1.29 is 9.72 Å². The number of nitrogens with zero attached hydrogens (tertiary/aromatic N) is 2. The second-order valence-corrected chi connectivity index (χ2v) is 4.41. The van der Waals surface area contributed by atoms with Gasteiger partial charge >= 0.3 is 0 Å². The lowest BCUT2D eigenvalue weighted by Gasteiger charge is -2.12. The number of nitro groups is 1. The molecule has 110 valence electrons. The number of carbonyl (C=O) groups is 1. The Labute approximate surface area is 120 Å². The topological polar surface area (TPSA) is 113 Å².